The van der Waals surface area contributed by atoms with E-state index in [1.807, 2.05) is 20.8 Å². The second-order valence-electron chi connectivity index (χ2n) is 6.12. The van der Waals surface area contributed by atoms with E-state index in [-0.39, 0.29) is 0 Å². The Kier molecular flexibility index (Phi) is 5.39. The maximum Gasteiger partial charge on any atom is 0.407 e. The van der Waals surface area contributed by atoms with Gasteiger partial charge in [-0.2, -0.15) is 0 Å². The number of imidazole rings is 1. The number of amides is 1. The quantitative estimate of drug-likeness (QED) is 0.892. The first-order chi connectivity index (χ1) is 8.78. The average molecular weight is 267 g/mol. The number of carbonyl (C=O) groups excluding carboxylic acids is 1. The number of alkyl carbamates (subject to hydrolysis) is 1. The fraction of sp³-hybridized carbons (Fsp3) is 0.714. The van der Waals surface area contributed by atoms with Crippen LogP contribution in [0, 0.1) is 5.92 Å². The molecule has 1 amide bonds. The van der Waals surface area contributed by atoms with Gasteiger partial charge in [-0.1, -0.05) is 13.8 Å². The molecule has 19 heavy (non-hydrogen) atoms. The van der Waals surface area contributed by atoms with Crippen molar-refractivity contribution in [3.05, 3.63) is 18.2 Å². The number of aryl methyl sites for hydroxylation is 1. The predicted molar refractivity (Wildman–Crippen MR) is 74.8 cm³/mol. The molecule has 1 rings (SSSR count). The van der Waals surface area contributed by atoms with Gasteiger partial charge in [0.15, 0.2) is 0 Å². The molecular weight excluding hydrogens is 242 g/mol. The summed E-state index contributed by atoms with van der Waals surface area (Å²) in [5.74, 6) is 0.647. The molecule has 1 N–H and O–H groups in total. The number of hydrogen-bond donors (Lipinski definition) is 1. The molecule has 1 aromatic rings. The van der Waals surface area contributed by atoms with Crippen LogP contribution in [0.5, 0.6) is 0 Å². The molecule has 1 heterocycles. The monoisotopic (exact) mass is 267 g/mol. The van der Waals surface area contributed by atoms with Crippen LogP contribution >= 0.6 is 0 Å². The lowest BCUT2D eigenvalue weighted by Crippen LogP contribution is -2.32. The van der Waals surface area contributed by atoms with Crippen LogP contribution in [0.25, 0.3) is 0 Å². The maximum absolute atomic E-state index is 11.6. The normalized spacial score (nSPS) is 11.7. The summed E-state index contributed by atoms with van der Waals surface area (Å²) in [6.07, 6.45) is 4.27. The van der Waals surface area contributed by atoms with Crippen molar-refractivity contribution in [2.24, 2.45) is 5.92 Å². The van der Waals surface area contributed by atoms with E-state index in [2.05, 4.69) is 28.7 Å². The van der Waals surface area contributed by atoms with Gasteiger partial charge >= 0.3 is 6.09 Å². The molecule has 0 bridgehead atoms. The lowest BCUT2D eigenvalue weighted by atomic mass is 10.1. The summed E-state index contributed by atoms with van der Waals surface area (Å²) in [5.41, 5.74) is 0.522. The van der Waals surface area contributed by atoms with Crippen molar-refractivity contribution in [3.8, 4) is 0 Å². The average Bonchev–Trinajstić information content (AvgIpc) is 2.68. The number of aromatic nitrogens is 2. The number of carbonyl (C=O) groups is 1. The van der Waals surface area contributed by atoms with Crippen molar-refractivity contribution in [1.82, 2.24) is 14.9 Å². The van der Waals surface area contributed by atoms with Crippen LogP contribution in [-0.2, 0) is 17.8 Å². The van der Waals surface area contributed by atoms with E-state index in [0.29, 0.717) is 12.5 Å². The number of hydrogen-bond acceptors (Lipinski definition) is 3. The second-order valence-corrected chi connectivity index (χ2v) is 6.12. The summed E-state index contributed by atoms with van der Waals surface area (Å²) in [5, 5.41) is 2.75. The van der Waals surface area contributed by atoms with Gasteiger partial charge in [-0.25, -0.2) is 9.78 Å². The molecule has 0 unspecified atom stereocenters. The molecule has 0 aliphatic carbocycles. The summed E-state index contributed by atoms with van der Waals surface area (Å²) in [7, 11) is 0. The first kappa shape index (κ1) is 15.5. The predicted octanol–water partition coefficient (Wildman–Crippen LogP) is 2.95. The molecule has 0 spiro atoms. The van der Waals surface area contributed by atoms with Gasteiger partial charge in [0.2, 0.25) is 0 Å². The van der Waals surface area contributed by atoms with E-state index in [0.717, 1.165) is 18.7 Å². The van der Waals surface area contributed by atoms with E-state index in [1.165, 1.54) is 0 Å². The third-order valence-electron chi connectivity index (χ3n) is 2.56. The van der Waals surface area contributed by atoms with Gasteiger partial charge in [0.05, 0.1) is 18.6 Å². The largest absolute Gasteiger partial charge is 0.444 e. The summed E-state index contributed by atoms with van der Waals surface area (Å²) in [4.78, 5) is 15.7. The number of nitrogens with zero attached hydrogens (tertiary/aromatic N) is 2. The molecule has 108 valence electrons. The van der Waals surface area contributed by atoms with Crippen LogP contribution in [0.2, 0.25) is 0 Å². The van der Waals surface area contributed by atoms with E-state index in [1.54, 1.807) is 12.5 Å². The van der Waals surface area contributed by atoms with Gasteiger partial charge in [0, 0.05) is 12.7 Å². The van der Waals surface area contributed by atoms with Crippen LogP contribution < -0.4 is 5.32 Å². The molecule has 0 saturated carbocycles. The van der Waals surface area contributed by atoms with Crippen molar-refractivity contribution in [1.29, 1.82) is 0 Å². The smallest absolute Gasteiger partial charge is 0.407 e. The zero-order valence-corrected chi connectivity index (χ0v) is 12.6. The molecule has 5 heteroatoms. The highest BCUT2D eigenvalue weighted by Gasteiger charge is 2.16. The Morgan fingerprint density at radius 2 is 2.16 bits per heavy atom. The summed E-state index contributed by atoms with van der Waals surface area (Å²) < 4.78 is 7.26. The highest BCUT2D eigenvalue weighted by atomic mass is 16.6. The van der Waals surface area contributed by atoms with Gasteiger partial charge in [-0.05, 0) is 33.1 Å². The Balaban J connectivity index is 2.45. The zero-order valence-electron chi connectivity index (χ0n) is 12.6. The number of rotatable bonds is 5. The summed E-state index contributed by atoms with van der Waals surface area (Å²) in [6, 6.07) is 0. The zero-order chi connectivity index (χ0) is 14.5. The van der Waals surface area contributed by atoms with Crippen LogP contribution in [0.3, 0.4) is 0 Å². The minimum absolute atomic E-state index is 0.399. The lowest BCUT2D eigenvalue weighted by Gasteiger charge is -2.19. The Morgan fingerprint density at radius 3 is 2.74 bits per heavy atom. The Bertz CT molecular complexity index is 405. The fourth-order valence-corrected chi connectivity index (χ4v) is 1.57. The van der Waals surface area contributed by atoms with Crippen molar-refractivity contribution in [3.63, 3.8) is 0 Å². The number of nitrogens with one attached hydrogen (secondary N) is 1. The minimum atomic E-state index is -0.470. The minimum Gasteiger partial charge on any atom is -0.444 e. The summed E-state index contributed by atoms with van der Waals surface area (Å²) >= 11 is 0. The molecule has 0 saturated heterocycles. The molecule has 1 aromatic heterocycles. The van der Waals surface area contributed by atoms with Crippen LogP contribution in [0.15, 0.2) is 12.5 Å². The van der Waals surface area contributed by atoms with E-state index >= 15 is 0 Å². The lowest BCUT2D eigenvalue weighted by molar-refractivity contribution is 0.0522. The van der Waals surface area contributed by atoms with Gasteiger partial charge in [0.1, 0.15) is 5.60 Å². The molecule has 0 aliphatic heterocycles. The molecule has 0 atom stereocenters. The molecule has 0 aromatic carbocycles. The van der Waals surface area contributed by atoms with Crippen LogP contribution in [-0.4, -0.2) is 21.2 Å². The Hall–Kier alpha value is -1.52. The highest BCUT2D eigenvalue weighted by Crippen LogP contribution is 2.08. The van der Waals surface area contributed by atoms with Crippen molar-refractivity contribution >= 4 is 6.09 Å². The fourth-order valence-electron chi connectivity index (χ4n) is 1.57. The third kappa shape index (κ3) is 6.27. The first-order valence-corrected chi connectivity index (χ1v) is 6.74. The van der Waals surface area contributed by atoms with E-state index < -0.39 is 11.7 Å². The van der Waals surface area contributed by atoms with E-state index in [9.17, 15) is 4.79 Å². The Labute approximate surface area is 115 Å². The van der Waals surface area contributed by atoms with Crippen molar-refractivity contribution < 1.29 is 9.53 Å². The standard InChI is InChI=1S/C14H25N3O2/c1-11(2)6-7-17-10-15-8-12(17)9-16-13(18)19-14(3,4)5/h8,10-11H,6-7,9H2,1-5H3,(H,16,18). The number of ether oxygens (including phenoxy) is 1. The van der Waals surface area contributed by atoms with Gasteiger partial charge in [-0.3, -0.25) is 0 Å². The van der Waals surface area contributed by atoms with Gasteiger partial charge in [-0.15, -0.1) is 0 Å². The maximum atomic E-state index is 11.6. The van der Waals surface area contributed by atoms with Crippen molar-refractivity contribution in [2.75, 3.05) is 0 Å². The van der Waals surface area contributed by atoms with Crippen LogP contribution in [0.4, 0.5) is 4.79 Å². The Morgan fingerprint density at radius 1 is 1.47 bits per heavy atom. The first-order valence-electron chi connectivity index (χ1n) is 6.74. The van der Waals surface area contributed by atoms with Gasteiger partial charge in [0.25, 0.3) is 0 Å². The van der Waals surface area contributed by atoms with Crippen molar-refractivity contribution in [2.45, 2.75) is 59.7 Å². The molecular formula is C14H25N3O2. The second kappa shape index (κ2) is 6.59. The third-order valence-corrected chi connectivity index (χ3v) is 2.56. The molecule has 0 fully saturated rings. The molecule has 5 nitrogen and oxygen atoms in total. The topological polar surface area (TPSA) is 56.2 Å². The van der Waals surface area contributed by atoms with Gasteiger partial charge < -0.3 is 14.6 Å². The summed E-state index contributed by atoms with van der Waals surface area (Å²) in [6.45, 7) is 11.3. The van der Waals surface area contributed by atoms with E-state index in [4.69, 9.17) is 4.74 Å². The molecule has 0 aliphatic rings. The SMILES string of the molecule is CC(C)CCn1cncc1CNC(=O)OC(C)(C)C. The molecule has 0 radical (unpaired) electrons. The highest BCUT2D eigenvalue weighted by molar-refractivity contribution is 5.67. The van der Waals surface area contributed by atoms with Crippen LogP contribution in [0.1, 0.15) is 46.7 Å².